The minimum Gasteiger partial charge on any atom is -0.381 e. The highest BCUT2D eigenvalue weighted by Crippen LogP contribution is 2.25. The Balaban J connectivity index is 2.14. The summed E-state index contributed by atoms with van der Waals surface area (Å²) in [5.74, 6) is 0.614. The molecule has 1 aromatic rings. The molecule has 1 saturated heterocycles. The van der Waals surface area contributed by atoms with Crippen molar-refractivity contribution in [3.8, 4) is 0 Å². The summed E-state index contributed by atoms with van der Waals surface area (Å²) >= 11 is 2.26. The molecule has 0 N–H and O–H groups in total. The third-order valence-corrected chi connectivity index (χ3v) is 2.98. The number of nitrogens with zero attached hydrogens (tertiary/aromatic N) is 1. The van der Waals surface area contributed by atoms with Crippen molar-refractivity contribution in [3.05, 3.63) is 27.6 Å². The molecule has 2 heterocycles. The van der Waals surface area contributed by atoms with E-state index in [-0.39, 0.29) is 0 Å². The maximum Gasteiger partial charge on any atom is 0.101 e. The Morgan fingerprint density at radius 2 is 2.08 bits per heavy atom. The Hall–Kier alpha value is -0.160. The standard InChI is InChI=1S/C10H12INO/c11-10-3-1-2-9(12-10)8-4-6-13-7-5-8/h1-3,8H,4-7H2. The molecule has 0 amide bonds. The van der Waals surface area contributed by atoms with Gasteiger partial charge in [0, 0.05) is 24.8 Å². The summed E-state index contributed by atoms with van der Waals surface area (Å²) in [5, 5.41) is 0. The first-order chi connectivity index (χ1) is 6.36. The van der Waals surface area contributed by atoms with E-state index in [9.17, 15) is 0 Å². The highest BCUT2D eigenvalue weighted by molar-refractivity contribution is 14.1. The smallest absolute Gasteiger partial charge is 0.101 e. The maximum absolute atomic E-state index is 5.32. The third-order valence-electron chi connectivity index (χ3n) is 2.38. The quantitative estimate of drug-likeness (QED) is 0.585. The molecule has 1 aromatic heterocycles. The molecule has 0 bridgehead atoms. The lowest BCUT2D eigenvalue weighted by atomic mass is 9.96. The van der Waals surface area contributed by atoms with Crippen molar-refractivity contribution in [2.75, 3.05) is 13.2 Å². The van der Waals surface area contributed by atoms with Crippen molar-refractivity contribution in [1.29, 1.82) is 0 Å². The normalized spacial score (nSPS) is 18.8. The van der Waals surface area contributed by atoms with Gasteiger partial charge in [0.15, 0.2) is 0 Å². The molecule has 0 aromatic carbocycles. The van der Waals surface area contributed by atoms with Crippen LogP contribution in [0, 0.1) is 3.70 Å². The lowest BCUT2D eigenvalue weighted by Crippen LogP contribution is -2.15. The Kier molecular flexibility index (Phi) is 3.16. The molecule has 0 saturated carbocycles. The summed E-state index contributed by atoms with van der Waals surface area (Å²) in [6.45, 7) is 1.77. The van der Waals surface area contributed by atoms with Crippen LogP contribution in [-0.4, -0.2) is 18.2 Å². The topological polar surface area (TPSA) is 22.1 Å². The summed E-state index contributed by atoms with van der Waals surface area (Å²) in [6.07, 6.45) is 2.24. The Bertz CT molecular complexity index is 284. The van der Waals surface area contributed by atoms with Crippen molar-refractivity contribution < 1.29 is 4.74 Å². The van der Waals surface area contributed by atoms with Crippen molar-refractivity contribution in [2.24, 2.45) is 0 Å². The largest absolute Gasteiger partial charge is 0.381 e. The van der Waals surface area contributed by atoms with Gasteiger partial charge in [0.2, 0.25) is 0 Å². The van der Waals surface area contributed by atoms with Crippen molar-refractivity contribution in [1.82, 2.24) is 4.98 Å². The van der Waals surface area contributed by atoms with Gasteiger partial charge in [-0.1, -0.05) is 6.07 Å². The van der Waals surface area contributed by atoms with Crippen LogP contribution in [0.2, 0.25) is 0 Å². The Morgan fingerprint density at radius 3 is 2.77 bits per heavy atom. The van der Waals surface area contributed by atoms with Gasteiger partial charge in [-0.2, -0.15) is 0 Å². The molecule has 0 atom stereocenters. The number of pyridine rings is 1. The number of rotatable bonds is 1. The van der Waals surface area contributed by atoms with E-state index in [1.54, 1.807) is 0 Å². The molecule has 2 nitrogen and oxygen atoms in total. The van der Waals surface area contributed by atoms with Gasteiger partial charge in [0.1, 0.15) is 3.70 Å². The van der Waals surface area contributed by atoms with E-state index in [1.807, 2.05) is 6.07 Å². The van der Waals surface area contributed by atoms with E-state index in [4.69, 9.17) is 4.74 Å². The molecule has 70 valence electrons. The number of aromatic nitrogens is 1. The number of hydrogen-bond donors (Lipinski definition) is 0. The number of halogens is 1. The lowest BCUT2D eigenvalue weighted by Gasteiger charge is -2.21. The fraction of sp³-hybridized carbons (Fsp3) is 0.500. The molecule has 13 heavy (non-hydrogen) atoms. The number of hydrogen-bond acceptors (Lipinski definition) is 2. The second kappa shape index (κ2) is 4.37. The minimum atomic E-state index is 0.614. The molecule has 0 spiro atoms. The van der Waals surface area contributed by atoms with Crippen LogP contribution in [0.25, 0.3) is 0 Å². The molecule has 0 unspecified atom stereocenters. The maximum atomic E-state index is 5.32. The van der Waals surface area contributed by atoms with Crippen LogP contribution >= 0.6 is 22.6 Å². The van der Waals surface area contributed by atoms with Crippen LogP contribution in [0.4, 0.5) is 0 Å². The second-order valence-corrected chi connectivity index (χ2v) is 4.38. The van der Waals surface area contributed by atoms with Crippen LogP contribution in [0.1, 0.15) is 24.5 Å². The highest BCUT2D eigenvalue weighted by atomic mass is 127. The molecular formula is C10H12INO. The zero-order valence-electron chi connectivity index (χ0n) is 7.37. The molecule has 1 aliphatic rings. The Morgan fingerprint density at radius 1 is 1.31 bits per heavy atom. The Labute approximate surface area is 91.8 Å². The van der Waals surface area contributed by atoms with Gasteiger partial charge in [-0.05, 0) is 47.6 Å². The monoisotopic (exact) mass is 289 g/mol. The molecule has 3 heteroatoms. The van der Waals surface area contributed by atoms with E-state index in [2.05, 4.69) is 39.7 Å². The van der Waals surface area contributed by atoms with Crippen LogP contribution < -0.4 is 0 Å². The molecule has 2 rings (SSSR count). The molecule has 1 aliphatic heterocycles. The van der Waals surface area contributed by atoms with E-state index in [1.165, 1.54) is 5.69 Å². The minimum absolute atomic E-state index is 0.614. The van der Waals surface area contributed by atoms with Crippen LogP contribution in [0.15, 0.2) is 18.2 Å². The number of ether oxygens (including phenoxy) is 1. The first-order valence-corrected chi connectivity index (χ1v) is 5.64. The predicted molar refractivity (Wildman–Crippen MR) is 59.7 cm³/mol. The highest BCUT2D eigenvalue weighted by Gasteiger charge is 2.16. The van der Waals surface area contributed by atoms with Gasteiger partial charge in [-0.3, -0.25) is 0 Å². The van der Waals surface area contributed by atoms with E-state index in [0.717, 1.165) is 29.8 Å². The zero-order chi connectivity index (χ0) is 9.10. The summed E-state index contributed by atoms with van der Waals surface area (Å²) in [4.78, 5) is 4.53. The second-order valence-electron chi connectivity index (χ2n) is 3.27. The van der Waals surface area contributed by atoms with E-state index in [0.29, 0.717) is 5.92 Å². The van der Waals surface area contributed by atoms with Gasteiger partial charge in [0.05, 0.1) is 0 Å². The van der Waals surface area contributed by atoms with E-state index < -0.39 is 0 Å². The van der Waals surface area contributed by atoms with Crippen molar-refractivity contribution in [3.63, 3.8) is 0 Å². The fourth-order valence-electron chi connectivity index (χ4n) is 1.64. The SMILES string of the molecule is Ic1cccc(C2CCOCC2)n1. The molecule has 0 aliphatic carbocycles. The van der Waals surface area contributed by atoms with Gasteiger partial charge in [-0.25, -0.2) is 4.98 Å². The zero-order valence-corrected chi connectivity index (χ0v) is 9.53. The summed E-state index contributed by atoms with van der Waals surface area (Å²) in [7, 11) is 0. The summed E-state index contributed by atoms with van der Waals surface area (Å²) < 4.78 is 6.41. The van der Waals surface area contributed by atoms with E-state index >= 15 is 0 Å². The average molecular weight is 289 g/mol. The predicted octanol–water partition coefficient (Wildman–Crippen LogP) is 2.58. The summed E-state index contributed by atoms with van der Waals surface area (Å²) in [6, 6.07) is 6.24. The van der Waals surface area contributed by atoms with Gasteiger partial charge in [0.25, 0.3) is 0 Å². The van der Waals surface area contributed by atoms with Gasteiger partial charge < -0.3 is 4.74 Å². The lowest BCUT2D eigenvalue weighted by molar-refractivity contribution is 0.0845. The van der Waals surface area contributed by atoms with Crippen LogP contribution in [-0.2, 0) is 4.74 Å². The molecule has 0 radical (unpaired) electrons. The van der Waals surface area contributed by atoms with Crippen LogP contribution in [0.3, 0.4) is 0 Å². The fourth-order valence-corrected chi connectivity index (χ4v) is 2.13. The molecular weight excluding hydrogens is 277 g/mol. The first kappa shape index (κ1) is 9.40. The average Bonchev–Trinajstić information content (AvgIpc) is 2.19. The third kappa shape index (κ3) is 2.40. The summed E-state index contributed by atoms with van der Waals surface area (Å²) in [5.41, 5.74) is 1.23. The molecule has 1 fully saturated rings. The van der Waals surface area contributed by atoms with Gasteiger partial charge >= 0.3 is 0 Å². The van der Waals surface area contributed by atoms with Crippen molar-refractivity contribution in [2.45, 2.75) is 18.8 Å². The van der Waals surface area contributed by atoms with Gasteiger partial charge in [-0.15, -0.1) is 0 Å². The first-order valence-electron chi connectivity index (χ1n) is 4.56. The van der Waals surface area contributed by atoms with Crippen molar-refractivity contribution >= 4 is 22.6 Å². The van der Waals surface area contributed by atoms with Crippen LogP contribution in [0.5, 0.6) is 0 Å².